The fourth-order valence-corrected chi connectivity index (χ4v) is 3.35. The first kappa shape index (κ1) is 10.1. The zero-order chi connectivity index (χ0) is 11.0. The average Bonchev–Trinajstić information content (AvgIpc) is 2.66. The van der Waals surface area contributed by atoms with E-state index in [0.717, 1.165) is 36.1 Å². The Hall–Kier alpha value is -1.13. The number of piperidine rings is 1. The van der Waals surface area contributed by atoms with E-state index in [1.165, 1.54) is 11.3 Å². The van der Waals surface area contributed by atoms with Crippen LogP contribution in [0.3, 0.4) is 0 Å². The van der Waals surface area contributed by atoms with Crippen molar-refractivity contribution in [3.05, 3.63) is 33.9 Å². The Morgan fingerprint density at radius 1 is 1.25 bits per heavy atom. The van der Waals surface area contributed by atoms with E-state index in [2.05, 4.69) is 11.4 Å². The number of nitrogens with zero attached hydrogens (tertiary/aromatic N) is 1. The predicted molar refractivity (Wildman–Crippen MR) is 67.2 cm³/mol. The average molecular weight is 234 g/mol. The van der Waals surface area contributed by atoms with Crippen LogP contribution in [0.15, 0.2) is 29.1 Å². The Kier molecular flexibility index (Phi) is 2.53. The second-order valence-corrected chi connectivity index (χ2v) is 5.18. The van der Waals surface area contributed by atoms with Crippen LogP contribution < -0.4 is 10.2 Å². The van der Waals surface area contributed by atoms with Gasteiger partial charge in [0.25, 0.3) is 0 Å². The summed E-state index contributed by atoms with van der Waals surface area (Å²) in [4.78, 5) is 12.2. The minimum absolute atomic E-state index is 0.188. The van der Waals surface area contributed by atoms with Gasteiger partial charge >= 0.3 is 4.87 Å². The van der Waals surface area contributed by atoms with Crippen molar-refractivity contribution in [2.24, 2.45) is 0 Å². The van der Waals surface area contributed by atoms with Crippen LogP contribution in [-0.2, 0) is 0 Å². The van der Waals surface area contributed by atoms with Crippen LogP contribution in [0.4, 0.5) is 0 Å². The largest absolute Gasteiger partial charge is 0.317 e. The molecule has 0 aliphatic carbocycles. The molecule has 84 valence electrons. The van der Waals surface area contributed by atoms with Crippen molar-refractivity contribution in [1.82, 2.24) is 9.88 Å². The first-order valence-corrected chi connectivity index (χ1v) is 6.49. The van der Waals surface area contributed by atoms with E-state index >= 15 is 0 Å². The van der Waals surface area contributed by atoms with Crippen molar-refractivity contribution < 1.29 is 0 Å². The molecule has 1 aliphatic rings. The maximum atomic E-state index is 12.0. The molecule has 0 saturated carbocycles. The van der Waals surface area contributed by atoms with Gasteiger partial charge in [0.05, 0.1) is 10.2 Å². The smallest absolute Gasteiger partial charge is 0.308 e. The molecule has 4 heteroatoms. The maximum absolute atomic E-state index is 12.0. The standard InChI is InChI=1S/C12H14N2OS/c15-12-14(9-5-7-13-8-6-9)10-3-1-2-4-11(10)16-12/h1-4,9,13H,5-8H2. The Balaban J connectivity index is 2.14. The van der Waals surface area contributed by atoms with Crippen LogP contribution in [0, 0.1) is 0 Å². The minimum Gasteiger partial charge on any atom is -0.317 e. The summed E-state index contributed by atoms with van der Waals surface area (Å²) in [5.74, 6) is 0. The van der Waals surface area contributed by atoms with Gasteiger partial charge in [0, 0.05) is 6.04 Å². The van der Waals surface area contributed by atoms with Gasteiger partial charge in [0.15, 0.2) is 0 Å². The maximum Gasteiger partial charge on any atom is 0.308 e. The number of rotatable bonds is 1. The molecular weight excluding hydrogens is 220 g/mol. The summed E-state index contributed by atoms with van der Waals surface area (Å²) < 4.78 is 3.09. The van der Waals surface area contributed by atoms with Gasteiger partial charge < -0.3 is 5.32 Å². The number of para-hydroxylation sites is 1. The van der Waals surface area contributed by atoms with E-state index in [9.17, 15) is 4.79 Å². The second kappa shape index (κ2) is 4.03. The molecule has 1 aromatic carbocycles. The van der Waals surface area contributed by atoms with E-state index in [4.69, 9.17) is 0 Å². The molecule has 1 N–H and O–H groups in total. The van der Waals surface area contributed by atoms with Crippen molar-refractivity contribution in [3.8, 4) is 0 Å². The molecule has 2 heterocycles. The molecule has 0 atom stereocenters. The molecule has 0 radical (unpaired) electrons. The van der Waals surface area contributed by atoms with Crippen LogP contribution in [0.2, 0.25) is 0 Å². The lowest BCUT2D eigenvalue weighted by molar-refractivity contribution is 0.372. The van der Waals surface area contributed by atoms with Crippen LogP contribution in [0.5, 0.6) is 0 Å². The monoisotopic (exact) mass is 234 g/mol. The van der Waals surface area contributed by atoms with Crippen LogP contribution in [0.25, 0.3) is 10.2 Å². The molecule has 0 amide bonds. The van der Waals surface area contributed by atoms with Gasteiger partial charge in [-0.1, -0.05) is 23.5 Å². The third kappa shape index (κ3) is 1.58. The molecule has 1 fully saturated rings. The van der Waals surface area contributed by atoms with E-state index < -0.39 is 0 Å². The number of hydrogen-bond acceptors (Lipinski definition) is 3. The molecule has 3 rings (SSSR count). The Morgan fingerprint density at radius 2 is 2.00 bits per heavy atom. The molecule has 2 aromatic rings. The Bertz CT molecular complexity index is 551. The summed E-state index contributed by atoms with van der Waals surface area (Å²) in [6, 6.07) is 8.45. The van der Waals surface area contributed by atoms with Gasteiger partial charge in [-0.15, -0.1) is 0 Å². The normalized spacial score (nSPS) is 18.0. The SMILES string of the molecule is O=c1sc2ccccc2n1C1CCNCC1. The Morgan fingerprint density at radius 3 is 2.81 bits per heavy atom. The summed E-state index contributed by atoms with van der Waals surface area (Å²) >= 11 is 1.36. The summed E-state index contributed by atoms with van der Waals surface area (Å²) in [6.45, 7) is 2.03. The highest BCUT2D eigenvalue weighted by Crippen LogP contribution is 2.24. The number of aromatic nitrogens is 1. The van der Waals surface area contributed by atoms with Gasteiger partial charge in [-0.2, -0.15) is 0 Å². The molecule has 0 unspecified atom stereocenters. The fraction of sp³-hybridized carbons (Fsp3) is 0.417. The summed E-state index contributed by atoms with van der Waals surface area (Å²) in [6.07, 6.45) is 2.11. The number of hydrogen-bond donors (Lipinski definition) is 1. The lowest BCUT2D eigenvalue weighted by Gasteiger charge is -2.23. The van der Waals surface area contributed by atoms with Crippen molar-refractivity contribution in [1.29, 1.82) is 0 Å². The number of nitrogens with one attached hydrogen (secondary N) is 1. The van der Waals surface area contributed by atoms with Crippen LogP contribution >= 0.6 is 11.3 Å². The van der Waals surface area contributed by atoms with E-state index in [0.29, 0.717) is 6.04 Å². The highest BCUT2D eigenvalue weighted by molar-refractivity contribution is 7.16. The van der Waals surface area contributed by atoms with Gasteiger partial charge in [-0.25, -0.2) is 0 Å². The highest BCUT2D eigenvalue weighted by atomic mass is 32.1. The molecule has 16 heavy (non-hydrogen) atoms. The zero-order valence-corrected chi connectivity index (χ0v) is 9.80. The number of thiazole rings is 1. The van der Waals surface area contributed by atoms with Crippen LogP contribution in [0.1, 0.15) is 18.9 Å². The van der Waals surface area contributed by atoms with Crippen molar-refractivity contribution >= 4 is 21.6 Å². The first-order valence-electron chi connectivity index (χ1n) is 5.67. The van der Waals surface area contributed by atoms with Crippen molar-refractivity contribution in [2.75, 3.05) is 13.1 Å². The third-order valence-electron chi connectivity index (χ3n) is 3.19. The number of benzene rings is 1. The lowest BCUT2D eigenvalue weighted by atomic mass is 10.1. The Labute approximate surface area is 97.7 Å². The quantitative estimate of drug-likeness (QED) is 0.818. The molecule has 0 spiro atoms. The van der Waals surface area contributed by atoms with Gasteiger partial charge in [-0.05, 0) is 38.1 Å². The molecule has 1 aromatic heterocycles. The summed E-state index contributed by atoms with van der Waals surface area (Å²) in [5.41, 5.74) is 1.10. The number of fused-ring (bicyclic) bond motifs is 1. The third-order valence-corrected chi connectivity index (χ3v) is 4.13. The van der Waals surface area contributed by atoms with Gasteiger partial charge in [0.2, 0.25) is 0 Å². The van der Waals surface area contributed by atoms with Crippen molar-refractivity contribution in [2.45, 2.75) is 18.9 Å². The first-order chi connectivity index (χ1) is 7.86. The van der Waals surface area contributed by atoms with Crippen molar-refractivity contribution in [3.63, 3.8) is 0 Å². The van der Waals surface area contributed by atoms with E-state index in [-0.39, 0.29) is 4.87 Å². The van der Waals surface area contributed by atoms with Crippen LogP contribution in [-0.4, -0.2) is 17.7 Å². The summed E-state index contributed by atoms with van der Waals surface area (Å²) in [7, 11) is 0. The topological polar surface area (TPSA) is 34.0 Å². The minimum atomic E-state index is 0.188. The molecular formula is C12H14N2OS. The summed E-state index contributed by atoms with van der Waals surface area (Å²) in [5, 5.41) is 3.33. The zero-order valence-electron chi connectivity index (χ0n) is 8.98. The molecule has 0 bridgehead atoms. The highest BCUT2D eigenvalue weighted by Gasteiger charge is 2.19. The fourth-order valence-electron chi connectivity index (χ4n) is 2.39. The molecule has 1 saturated heterocycles. The second-order valence-electron chi connectivity index (χ2n) is 4.19. The van der Waals surface area contributed by atoms with Gasteiger partial charge in [-0.3, -0.25) is 9.36 Å². The molecule has 3 nitrogen and oxygen atoms in total. The lowest BCUT2D eigenvalue weighted by Crippen LogP contribution is -2.32. The van der Waals surface area contributed by atoms with E-state index in [1.54, 1.807) is 0 Å². The van der Waals surface area contributed by atoms with Gasteiger partial charge in [0.1, 0.15) is 0 Å². The predicted octanol–water partition coefficient (Wildman–Crippen LogP) is 1.99. The molecule has 1 aliphatic heterocycles. The van der Waals surface area contributed by atoms with E-state index in [1.807, 2.05) is 22.8 Å².